The maximum atomic E-state index is 9.00. The Kier molecular flexibility index (Phi) is 4.79. The average molecular weight is 229 g/mol. The molecule has 5 heteroatoms. The second-order valence-electron chi connectivity index (χ2n) is 3.90. The summed E-state index contributed by atoms with van der Waals surface area (Å²) in [6, 6.07) is 1.68. The van der Waals surface area contributed by atoms with Gasteiger partial charge in [0.2, 0.25) is 0 Å². The van der Waals surface area contributed by atoms with Crippen LogP contribution >= 0.6 is 11.3 Å². The van der Waals surface area contributed by atoms with E-state index in [1.165, 1.54) is 30.6 Å². The molecular weight excluding hydrogens is 211 g/mol. The molecule has 1 aromatic rings. The molecule has 3 nitrogen and oxygen atoms in total. The van der Waals surface area contributed by atoms with Crippen molar-refractivity contribution < 1.29 is 15.1 Å². The maximum absolute atomic E-state index is 9.00. The quantitative estimate of drug-likeness (QED) is 0.503. The lowest BCUT2D eigenvalue weighted by molar-refractivity contribution is 0.251. The summed E-state index contributed by atoms with van der Waals surface area (Å²) in [5.74, 6) is 0. The van der Waals surface area contributed by atoms with Crippen LogP contribution in [0.4, 0.5) is 0 Å². The van der Waals surface area contributed by atoms with Crippen LogP contribution in [0.15, 0.2) is 11.4 Å². The number of hydrogen-bond donors (Lipinski definition) is 3. The zero-order chi connectivity index (χ0) is 11.3. The van der Waals surface area contributed by atoms with Crippen molar-refractivity contribution in [2.75, 3.05) is 0 Å². The van der Waals surface area contributed by atoms with E-state index in [1.807, 2.05) is 5.38 Å². The summed E-state index contributed by atoms with van der Waals surface area (Å²) in [7, 11) is 0. The van der Waals surface area contributed by atoms with E-state index in [0.29, 0.717) is 0 Å². The minimum Gasteiger partial charge on any atom is -0.555 e. The Labute approximate surface area is 94.4 Å². The third-order valence-electron chi connectivity index (χ3n) is 2.37. The smallest absolute Gasteiger partial charge is 0.412 e. The first-order valence-corrected chi connectivity index (χ1v) is 6.31. The largest absolute Gasteiger partial charge is 0.555 e. The number of aryl methyl sites for hydroxylation is 1. The molecule has 15 heavy (non-hydrogen) atoms. The molecule has 0 bridgehead atoms. The van der Waals surface area contributed by atoms with Gasteiger partial charge >= 0.3 is 6.75 Å². The van der Waals surface area contributed by atoms with Crippen LogP contribution in [0.2, 0.25) is 0 Å². The molecule has 1 aromatic heterocycles. The van der Waals surface area contributed by atoms with Gasteiger partial charge in [0.25, 0.3) is 0 Å². The highest BCUT2D eigenvalue weighted by Gasteiger charge is 2.19. The van der Waals surface area contributed by atoms with Gasteiger partial charge in [0, 0.05) is 0 Å². The van der Waals surface area contributed by atoms with Gasteiger partial charge in [0.1, 0.15) is 0 Å². The van der Waals surface area contributed by atoms with Gasteiger partial charge in [-0.25, -0.2) is 0 Å². The summed E-state index contributed by atoms with van der Waals surface area (Å²) in [5.41, 5.74) is 1.08. The molecule has 86 valence electrons. The predicted octanol–water partition coefficient (Wildman–Crippen LogP) is 0.994. The van der Waals surface area contributed by atoms with Crippen molar-refractivity contribution in [1.82, 2.24) is 0 Å². The lowest BCUT2D eigenvalue weighted by atomic mass is 9.78. The molecule has 0 aliphatic heterocycles. The first-order valence-electron chi connectivity index (χ1n) is 5.43. The molecule has 3 N–H and O–H groups in total. The van der Waals surface area contributed by atoms with Gasteiger partial charge in [-0.15, -0.1) is 0 Å². The molecule has 0 aliphatic rings. The van der Waals surface area contributed by atoms with Crippen LogP contribution in [0.3, 0.4) is 0 Å². The summed E-state index contributed by atoms with van der Waals surface area (Å²) >= 11 is 1.20. The van der Waals surface area contributed by atoms with E-state index in [-0.39, 0.29) is 4.78 Å². The van der Waals surface area contributed by atoms with E-state index in [4.69, 9.17) is 15.1 Å². The van der Waals surface area contributed by atoms with Gasteiger partial charge in [-0.3, -0.25) is 0 Å². The lowest BCUT2D eigenvalue weighted by Gasteiger charge is -2.17. The van der Waals surface area contributed by atoms with Gasteiger partial charge < -0.3 is 15.1 Å². The number of rotatable bonds is 6. The fourth-order valence-corrected chi connectivity index (χ4v) is 2.36. The molecule has 1 heterocycles. The normalized spacial score (nSPS) is 12.0. The van der Waals surface area contributed by atoms with E-state index in [9.17, 15) is 0 Å². The molecule has 0 aliphatic carbocycles. The van der Waals surface area contributed by atoms with Crippen molar-refractivity contribution in [2.24, 2.45) is 0 Å². The Morgan fingerprint density at radius 3 is 2.47 bits per heavy atom. The lowest BCUT2D eigenvalue weighted by Crippen LogP contribution is -2.47. The Hall–Kier alpha value is -0.355. The highest BCUT2D eigenvalue weighted by molar-refractivity contribution is 7.22. The summed E-state index contributed by atoms with van der Waals surface area (Å²) in [6.07, 6.45) is 5.72. The molecule has 0 atom stereocenters. The van der Waals surface area contributed by atoms with Crippen LogP contribution < -0.4 is 4.78 Å². The summed E-state index contributed by atoms with van der Waals surface area (Å²) < 4.78 is 0.250. The van der Waals surface area contributed by atoms with Crippen molar-refractivity contribution in [3.63, 3.8) is 0 Å². The summed E-state index contributed by atoms with van der Waals surface area (Å²) in [4.78, 5) is 0. The van der Waals surface area contributed by atoms with E-state index in [2.05, 4.69) is 6.92 Å². The van der Waals surface area contributed by atoms with Crippen molar-refractivity contribution in [3.8, 4) is 0 Å². The highest BCUT2D eigenvalue weighted by atomic mass is 32.1. The molecule has 0 saturated heterocycles. The zero-order valence-corrected chi connectivity index (χ0v) is 9.83. The number of hydrogen-bond acceptors (Lipinski definition) is 4. The van der Waals surface area contributed by atoms with Crippen LogP contribution in [-0.4, -0.2) is 21.8 Å². The summed E-state index contributed by atoms with van der Waals surface area (Å²) in [6.45, 7) is -1.12. The molecule has 0 aromatic carbocycles. The van der Waals surface area contributed by atoms with Crippen molar-refractivity contribution >= 4 is 22.9 Å². The Morgan fingerprint density at radius 1 is 1.20 bits per heavy atom. The van der Waals surface area contributed by atoms with E-state index < -0.39 is 6.75 Å². The molecule has 0 radical (unpaired) electrons. The fraction of sp³-hybridized carbons (Fsp3) is 0.600. The van der Waals surface area contributed by atoms with Crippen molar-refractivity contribution in [1.29, 1.82) is 0 Å². The Bertz CT molecular complexity index is 293. The molecule has 1 rings (SSSR count). The zero-order valence-electron chi connectivity index (χ0n) is 9.02. The molecule has 0 saturated carbocycles. The van der Waals surface area contributed by atoms with Crippen LogP contribution in [0.1, 0.15) is 38.2 Å². The number of unbranched alkanes of at least 4 members (excludes halogenated alkanes) is 3. The van der Waals surface area contributed by atoms with E-state index in [1.54, 1.807) is 6.07 Å². The van der Waals surface area contributed by atoms with Crippen molar-refractivity contribution in [3.05, 3.63) is 17.0 Å². The first-order chi connectivity index (χ1) is 7.04. The third-order valence-corrected chi connectivity index (χ3v) is 3.50. The van der Waals surface area contributed by atoms with Gasteiger partial charge in [-0.2, -0.15) is 11.3 Å². The molecule has 0 fully saturated rings. The predicted molar refractivity (Wildman–Crippen MR) is 64.2 cm³/mol. The Balaban J connectivity index is 2.40. The summed E-state index contributed by atoms with van der Waals surface area (Å²) in [5, 5.41) is 28.9. The highest BCUT2D eigenvalue weighted by Crippen LogP contribution is 2.11. The molecule has 0 spiro atoms. The van der Waals surface area contributed by atoms with Crippen molar-refractivity contribution in [2.45, 2.75) is 39.0 Å². The van der Waals surface area contributed by atoms with Crippen LogP contribution in [0.25, 0.3) is 0 Å². The molecular formula is C10H18BO3S-. The maximum Gasteiger partial charge on any atom is 0.412 e. The standard InChI is InChI=1S/C10H18BO3S/c1-2-3-4-5-6-9-7-10(15-8-9)11(12,13)14/h7-8,12-14H,2-6H2,1H3/q-1. The molecule has 0 unspecified atom stereocenters. The van der Waals surface area contributed by atoms with E-state index >= 15 is 0 Å². The van der Waals surface area contributed by atoms with Crippen LogP contribution in [0.5, 0.6) is 0 Å². The molecule has 0 amide bonds. The minimum absolute atomic E-state index is 0.250. The average Bonchev–Trinajstić information content (AvgIpc) is 2.60. The first kappa shape index (κ1) is 12.7. The van der Waals surface area contributed by atoms with Gasteiger partial charge in [-0.1, -0.05) is 37.0 Å². The SMILES string of the molecule is CCCCCCc1csc([B-](O)(O)O)c1. The fourth-order valence-electron chi connectivity index (χ4n) is 1.48. The second kappa shape index (κ2) is 5.65. The topological polar surface area (TPSA) is 60.7 Å². The minimum atomic E-state index is -3.29. The number of thiophene rings is 1. The van der Waals surface area contributed by atoms with Gasteiger partial charge in [0.05, 0.1) is 0 Å². The monoisotopic (exact) mass is 229 g/mol. The third kappa shape index (κ3) is 4.34. The van der Waals surface area contributed by atoms with Crippen LogP contribution in [0, 0.1) is 0 Å². The van der Waals surface area contributed by atoms with Gasteiger partial charge in [-0.05, 0) is 23.8 Å². The Morgan fingerprint density at radius 2 is 1.93 bits per heavy atom. The second-order valence-corrected chi connectivity index (χ2v) is 4.84. The van der Waals surface area contributed by atoms with Crippen LogP contribution in [-0.2, 0) is 6.42 Å². The van der Waals surface area contributed by atoms with E-state index in [0.717, 1.165) is 18.4 Å². The van der Waals surface area contributed by atoms with Gasteiger partial charge in [0.15, 0.2) is 0 Å².